The fourth-order valence-electron chi connectivity index (χ4n) is 3.07. The van der Waals surface area contributed by atoms with Crippen LogP contribution in [-0.4, -0.2) is 56.0 Å². The lowest BCUT2D eigenvalue weighted by Crippen LogP contribution is -2.31. The molecule has 0 saturated heterocycles. The predicted molar refractivity (Wildman–Crippen MR) is 107 cm³/mol. The van der Waals surface area contributed by atoms with Crippen LogP contribution in [0.15, 0.2) is 54.1 Å². The molecule has 1 aromatic carbocycles. The number of benzene rings is 1. The second-order valence-corrected chi connectivity index (χ2v) is 6.41. The maximum atomic E-state index is 12.6. The Labute approximate surface area is 168 Å². The van der Waals surface area contributed by atoms with Crippen molar-refractivity contribution in [3.63, 3.8) is 0 Å². The highest BCUT2D eigenvalue weighted by atomic mass is 16.5. The van der Waals surface area contributed by atoms with Crippen molar-refractivity contribution in [2.75, 3.05) is 49.0 Å². The molecule has 0 saturated carbocycles. The molecular weight excluding hydrogens is 372 g/mol. The SMILES string of the molecule is CN(CC(=O)OCC(=O)C(C#N)=C1N(C)c2ccccc2N1C)c1ncccn1. The van der Waals surface area contributed by atoms with Crippen LogP contribution in [0.25, 0.3) is 0 Å². The third kappa shape index (κ3) is 4.01. The lowest BCUT2D eigenvalue weighted by atomic mass is 10.2. The minimum Gasteiger partial charge on any atom is -0.456 e. The maximum absolute atomic E-state index is 12.6. The Balaban J connectivity index is 1.67. The topological polar surface area (TPSA) is 103 Å². The van der Waals surface area contributed by atoms with Crippen molar-refractivity contribution in [3.05, 3.63) is 54.1 Å². The number of esters is 1. The van der Waals surface area contributed by atoms with Crippen LogP contribution < -0.4 is 14.7 Å². The molecule has 0 spiro atoms. The van der Waals surface area contributed by atoms with Gasteiger partial charge in [-0.25, -0.2) is 9.97 Å². The van der Waals surface area contributed by atoms with Gasteiger partial charge in [0.25, 0.3) is 0 Å². The number of rotatable bonds is 6. The van der Waals surface area contributed by atoms with E-state index in [1.165, 1.54) is 4.90 Å². The molecule has 0 fully saturated rings. The van der Waals surface area contributed by atoms with E-state index in [0.717, 1.165) is 11.4 Å². The normalized spacial score (nSPS) is 12.3. The van der Waals surface area contributed by atoms with Crippen molar-refractivity contribution in [2.24, 2.45) is 0 Å². The zero-order valence-corrected chi connectivity index (χ0v) is 16.4. The number of ether oxygens (including phenoxy) is 1. The van der Waals surface area contributed by atoms with Crippen LogP contribution in [0.1, 0.15) is 0 Å². The highest BCUT2D eigenvalue weighted by Gasteiger charge is 2.31. The van der Waals surface area contributed by atoms with Gasteiger partial charge in [-0.3, -0.25) is 9.59 Å². The summed E-state index contributed by atoms with van der Waals surface area (Å²) >= 11 is 0. The zero-order valence-electron chi connectivity index (χ0n) is 16.4. The number of Topliss-reactive ketones (excluding diaryl/α,β-unsaturated/α-hetero) is 1. The number of nitrogens with zero attached hydrogens (tertiary/aromatic N) is 6. The van der Waals surface area contributed by atoms with Crippen molar-refractivity contribution in [1.29, 1.82) is 5.26 Å². The highest BCUT2D eigenvalue weighted by molar-refractivity contribution is 6.03. The number of hydrogen-bond donors (Lipinski definition) is 0. The molecule has 29 heavy (non-hydrogen) atoms. The largest absolute Gasteiger partial charge is 0.456 e. The summed E-state index contributed by atoms with van der Waals surface area (Å²) in [5, 5.41) is 9.58. The average molecular weight is 392 g/mol. The van der Waals surface area contributed by atoms with E-state index >= 15 is 0 Å². The molecule has 0 amide bonds. The van der Waals surface area contributed by atoms with Gasteiger partial charge in [-0.1, -0.05) is 12.1 Å². The third-order valence-corrected chi connectivity index (χ3v) is 4.48. The number of aromatic nitrogens is 2. The van der Waals surface area contributed by atoms with Gasteiger partial charge in [-0.05, 0) is 18.2 Å². The summed E-state index contributed by atoms with van der Waals surface area (Å²) in [6.45, 7) is -0.645. The van der Waals surface area contributed by atoms with Gasteiger partial charge in [0.1, 0.15) is 24.0 Å². The smallest absolute Gasteiger partial charge is 0.326 e. The average Bonchev–Trinajstić information content (AvgIpc) is 2.99. The first-order chi connectivity index (χ1) is 13.9. The lowest BCUT2D eigenvalue weighted by Gasteiger charge is -2.20. The van der Waals surface area contributed by atoms with Crippen LogP contribution in [-0.2, 0) is 14.3 Å². The van der Waals surface area contributed by atoms with E-state index in [9.17, 15) is 14.9 Å². The van der Waals surface area contributed by atoms with Crippen molar-refractivity contribution in [1.82, 2.24) is 9.97 Å². The Morgan fingerprint density at radius 2 is 1.69 bits per heavy atom. The number of likely N-dealkylation sites (N-methyl/N-ethyl adjacent to an activating group) is 1. The van der Waals surface area contributed by atoms with Crippen LogP contribution in [0.2, 0.25) is 0 Å². The minimum absolute atomic E-state index is 0.0706. The first-order valence-corrected chi connectivity index (χ1v) is 8.82. The standard InChI is InChI=1S/C20H20N6O3/c1-24(20-22-9-6-10-23-20)12-18(28)29-13-17(27)14(11-21)19-25(2)15-7-4-5-8-16(15)26(19)3/h4-10H,12-13H2,1-3H3. The molecule has 1 aromatic heterocycles. The van der Waals surface area contributed by atoms with Crippen LogP contribution in [0.5, 0.6) is 0 Å². The molecule has 0 unspecified atom stereocenters. The highest BCUT2D eigenvalue weighted by Crippen LogP contribution is 2.40. The van der Waals surface area contributed by atoms with Crippen molar-refractivity contribution in [2.45, 2.75) is 0 Å². The van der Waals surface area contributed by atoms with Gasteiger partial charge < -0.3 is 19.4 Å². The number of carbonyl (C=O) groups excluding carboxylic acids is 2. The Hall–Kier alpha value is -3.93. The summed E-state index contributed by atoms with van der Waals surface area (Å²) < 4.78 is 5.08. The van der Waals surface area contributed by atoms with E-state index in [2.05, 4.69) is 9.97 Å². The van der Waals surface area contributed by atoms with E-state index in [-0.39, 0.29) is 12.1 Å². The summed E-state index contributed by atoms with van der Waals surface area (Å²) in [5.41, 5.74) is 1.69. The fourth-order valence-corrected chi connectivity index (χ4v) is 3.07. The lowest BCUT2D eigenvalue weighted by molar-refractivity contribution is -0.145. The molecule has 0 atom stereocenters. The molecule has 1 aliphatic heterocycles. The first-order valence-electron chi connectivity index (χ1n) is 8.82. The second kappa shape index (κ2) is 8.39. The van der Waals surface area contributed by atoms with Crippen LogP contribution in [0.3, 0.4) is 0 Å². The molecule has 148 valence electrons. The molecule has 9 nitrogen and oxygen atoms in total. The van der Waals surface area contributed by atoms with Crippen molar-refractivity contribution < 1.29 is 14.3 Å². The maximum Gasteiger partial charge on any atom is 0.326 e. The monoisotopic (exact) mass is 392 g/mol. The van der Waals surface area contributed by atoms with Crippen molar-refractivity contribution in [3.8, 4) is 6.07 Å². The Morgan fingerprint density at radius 1 is 1.10 bits per heavy atom. The Kier molecular flexibility index (Phi) is 5.74. The van der Waals surface area contributed by atoms with Gasteiger partial charge in [-0.2, -0.15) is 5.26 Å². The molecular formula is C20H20N6O3. The molecule has 0 aliphatic carbocycles. The first kappa shape index (κ1) is 19.8. The number of anilines is 3. The van der Waals surface area contributed by atoms with Gasteiger partial charge in [0.15, 0.2) is 6.61 Å². The molecule has 0 N–H and O–H groups in total. The summed E-state index contributed by atoms with van der Waals surface area (Å²) in [4.78, 5) is 37.8. The molecule has 2 heterocycles. The second-order valence-electron chi connectivity index (χ2n) is 6.41. The van der Waals surface area contributed by atoms with Gasteiger partial charge >= 0.3 is 5.97 Å². The van der Waals surface area contributed by atoms with Gasteiger partial charge in [-0.15, -0.1) is 0 Å². The van der Waals surface area contributed by atoms with Gasteiger partial charge in [0, 0.05) is 33.5 Å². The molecule has 0 bridgehead atoms. The number of ketones is 1. The summed E-state index contributed by atoms with van der Waals surface area (Å²) in [7, 11) is 5.20. The van der Waals surface area contributed by atoms with Gasteiger partial charge in [0.05, 0.1) is 11.4 Å². The Morgan fingerprint density at radius 3 is 2.24 bits per heavy atom. The number of hydrogen-bond acceptors (Lipinski definition) is 9. The van der Waals surface area contributed by atoms with Crippen molar-refractivity contribution >= 4 is 29.1 Å². The van der Waals surface area contributed by atoms with E-state index < -0.39 is 18.4 Å². The van der Waals surface area contributed by atoms with E-state index in [1.54, 1.807) is 49.4 Å². The summed E-state index contributed by atoms with van der Waals surface area (Å²) in [6, 6.07) is 11.2. The minimum atomic E-state index is -0.619. The predicted octanol–water partition coefficient (Wildman–Crippen LogP) is 1.35. The zero-order chi connectivity index (χ0) is 21.0. The molecule has 2 aromatic rings. The number of carbonyl (C=O) groups is 2. The quantitative estimate of drug-likeness (QED) is 0.409. The van der Waals surface area contributed by atoms with E-state index in [4.69, 9.17) is 4.74 Å². The summed E-state index contributed by atoms with van der Waals surface area (Å²) in [6.07, 6.45) is 3.12. The van der Waals surface area contributed by atoms with Crippen LogP contribution >= 0.6 is 0 Å². The van der Waals surface area contributed by atoms with E-state index in [0.29, 0.717) is 11.8 Å². The Bertz CT molecular complexity index is 968. The number of para-hydroxylation sites is 2. The van der Waals surface area contributed by atoms with Gasteiger partial charge in [0.2, 0.25) is 11.7 Å². The molecule has 1 aliphatic rings. The summed E-state index contributed by atoms with van der Waals surface area (Å²) in [5.74, 6) is -0.375. The number of nitriles is 1. The van der Waals surface area contributed by atoms with Crippen LogP contribution in [0.4, 0.5) is 17.3 Å². The molecule has 3 rings (SSSR count). The molecule has 9 heteroatoms. The number of fused-ring (bicyclic) bond motifs is 1. The molecule has 0 radical (unpaired) electrons. The van der Waals surface area contributed by atoms with Crippen LogP contribution in [0, 0.1) is 11.3 Å². The van der Waals surface area contributed by atoms with E-state index in [1.807, 2.05) is 30.3 Å². The third-order valence-electron chi connectivity index (χ3n) is 4.48. The fraction of sp³-hybridized carbons (Fsp3) is 0.250.